The van der Waals surface area contributed by atoms with Crippen molar-refractivity contribution in [2.45, 2.75) is 45.1 Å². The molecule has 182 valence electrons. The Labute approximate surface area is 191 Å². The largest absolute Gasteiger partial charge is 0.490 e. The summed E-state index contributed by atoms with van der Waals surface area (Å²) in [6, 6.07) is 2.84. The van der Waals surface area contributed by atoms with Crippen molar-refractivity contribution in [3.05, 3.63) is 29.6 Å². The first kappa shape index (κ1) is 24.9. The number of carbonyl (C=O) groups is 3. The van der Waals surface area contributed by atoms with E-state index in [4.69, 9.17) is 9.84 Å². The van der Waals surface area contributed by atoms with E-state index >= 15 is 0 Å². The van der Waals surface area contributed by atoms with E-state index < -0.39 is 39.9 Å². The zero-order valence-electron chi connectivity index (χ0n) is 18.3. The Kier molecular flexibility index (Phi) is 7.90. The summed E-state index contributed by atoms with van der Waals surface area (Å²) in [4.78, 5) is 35.6. The van der Waals surface area contributed by atoms with Crippen LogP contribution in [0.1, 0.15) is 50.6 Å². The summed E-state index contributed by atoms with van der Waals surface area (Å²) in [7, 11) is -3.61. The molecule has 1 aliphatic heterocycles. The number of nitrogens with zero attached hydrogens (tertiary/aromatic N) is 2. The molecule has 1 aromatic carbocycles. The highest BCUT2D eigenvalue weighted by molar-refractivity contribution is 7.89. The first-order valence-corrected chi connectivity index (χ1v) is 12.5. The van der Waals surface area contributed by atoms with Crippen molar-refractivity contribution in [3.8, 4) is 5.75 Å². The van der Waals surface area contributed by atoms with Gasteiger partial charge >= 0.3 is 12.1 Å². The number of hydrogen-bond acceptors (Lipinski definition) is 6. The standard InChI is InChI=1S/C21H28FN3O7S/c1-14(16-7-8-17(22)18(11-16)32-13-15-5-6-15)23-33(30,31)10-4-2-3-9-24-12-19(26)25(20(24)27)21(28)29/h7-8,11,14-15,23H,2-6,9-10,12-13H2,1H3,(H,28,29). The van der Waals surface area contributed by atoms with Crippen LogP contribution in [-0.2, 0) is 14.8 Å². The van der Waals surface area contributed by atoms with Gasteiger partial charge in [0.15, 0.2) is 11.6 Å². The molecule has 1 atom stereocenters. The molecule has 2 aliphatic rings. The lowest BCUT2D eigenvalue weighted by Gasteiger charge is -2.17. The Morgan fingerprint density at radius 2 is 2.00 bits per heavy atom. The van der Waals surface area contributed by atoms with Crippen LogP contribution in [0.25, 0.3) is 0 Å². The number of imide groups is 3. The number of rotatable bonds is 12. The molecular weight excluding hydrogens is 457 g/mol. The summed E-state index contributed by atoms with van der Waals surface area (Å²) >= 11 is 0. The molecule has 1 aromatic rings. The fourth-order valence-electron chi connectivity index (χ4n) is 3.47. The summed E-state index contributed by atoms with van der Waals surface area (Å²) in [5, 5.41) is 8.86. The molecule has 1 saturated heterocycles. The number of amides is 4. The lowest BCUT2D eigenvalue weighted by atomic mass is 10.1. The molecule has 12 heteroatoms. The number of urea groups is 1. The molecule has 0 bridgehead atoms. The third-order valence-electron chi connectivity index (χ3n) is 5.55. The molecule has 0 aromatic heterocycles. The highest BCUT2D eigenvalue weighted by Gasteiger charge is 2.40. The molecule has 3 rings (SSSR count). The zero-order valence-corrected chi connectivity index (χ0v) is 19.1. The number of hydrogen-bond donors (Lipinski definition) is 2. The lowest BCUT2D eigenvalue weighted by Crippen LogP contribution is -2.37. The summed E-state index contributed by atoms with van der Waals surface area (Å²) < 4.78 is 46.9. The second-order valence-corrected chi connectivity index (χ2v) is 10.3. The highest BCUT2D eigenvalue weighted by atomic mass is 32.2. The number of unbranched alkanes of at least 4 members (excludes halogenated alkanes) is 2. The third kappa shape index (κ3) is 6.87. The molecular formula is C21H28FN3O7S. The SMILES string of the molecule is CC(NS(=O)(=O)CCCCCN1CC(=O)N(C(=O)O)C1=O)c1ccc(F)c(OCC2CC2)c1. The number of benzene rings is 1. The van der Waals surface area contributed by atoms with Crippen LogP contribution in [0, 0.1) is 11.7 Å². The number of halogens is 1. The fourth-order valence-corrected chi connectivity index (χ4v) is 4.85. The average molecular weight is 486 g/mol. The number of nitrogens with one attached hydrogen (secondary N) is 1. The molecule has 0 radical (unpaired) electrons. The Bertz CT molecular complexity index is 1010. The molecule has 1 aliphatic carbocycles. The first-order chi connectivity index (χ1) is 15.6. The quantitative estimate of drug-likeness (QED) is 0.343. The Morgan fingerprint density at radius 1 is 1.27 bits per heavy atom. The summed E-state index contributed by atoms with van der Waals surface area (Å²) in [6.07, 6.45) is 1.75. The smallest absolute Gasteiger partial charge is 0.422 e. The second kappa shape index (κ2) is 10.5. The molecule has 2 N–H and O–H groups in total. The van der Waals surface area contributed by atoms with Gasteiger partial charge in [-0.3, -0.25) is 4.79 Å². The Morgan fingerprint density at radius 3 is 2.64 bits per heavy atom. The molecule has 1 saturated carbocycles. The van der Waals surface area contributed by atoms with Gasteiger partial charge < -0.3 is 14.7 Å². The van der Waals surface area contributed by atoms with Gasteiger partial charge in [-0.15, -0.1) is 0 Å². The van der Waals surface area contributed by atoms with Gasteiger partial charge in [-0.05, 0) is 56.2 Å². The predicted molar refractivity (Wildman–Crippen MR) is 116 cm³/mol. The van der Waals surface area contributed by atoms with Crippen molar-refractivity contribution in [2.75, 3.05) is 25.4 Å². The van der Waals surface area contributed by atoms with Crippen molar-refractivity contribution in [1.29, 1.82) is 0 Å². The molecule has 0 spiro atoms. The van der Waals surface area contributed by atoms with Crippen molar-refractivity contribution in [1.82, 2.24) is 14.5 Å². The van der Waals surface area contributed by atoms with Crippen molar-refractivity contribution < 1.29 is 37.0 Å². The van der Waals surface area contributed by atoms with Gasteiger partial charge in [0.2, 0.25) is 10.0 Å². The molecule has 1 heterocycles. The summed E-state index contributed by atoms with van der Waals surface area (Å²) in [5.74, 6) is -0.849. The minimum atomic E-state index is -3.61. The molecule has 1 unspecified atom stereocenters. The summed E-state index contributed by atoms with van der Waals surface area (Å²) in [5.41, 5.74) is 0.589. The lowest BCUT2D eigenvalue weighted by molar-refractivity contribution is -0.123. The number of carboxylic acid groups (broad SMARTS) is 1. The van der Waals surface area contributed by atoms with Crippen LogP contribution in [0.15, 0.2) is 18.2 Å². The zero-order chi connectivity index (χ0) is 24.2. The maximum absolute atomic E-state index is 14.0. The van der Waals surface area contributed by atoms with E-state index in [1.54, 1.807) is 6.92 Å². The van der Waals surface area contributed by atoms with Crippen LogP contribution in [0.3, 0.4) is 0 Å². The van der Waals surface area contributed by atoms with E-state index in [0.717, 1.165) is 17.7 Å². The molecule has 2 fully saturated rings. The van der Waals surface area contributed by atoms with Gasteiger partial charge in [0.05, 0.1) is 12.4 Å². The van der Waals surface area contributed by atoms with Crippen molar-refractivity contribution >= 4 is 28.1 Å². The van der Waals surface area contributed by atoms with Gasteiger partial charge in [0.25, 0.3) is 5.91 Å². The Balaban J connectivity index is 1.42. The topological polar surface area (TPSA) is 133 Å². The van der Waals surface area contributed by atoms with Gasteiger partial charge in [0, 0.05) is 12.6 Å². The monoisotopic (exact) mass is 485 g/mol. The average Bonchev–Trinajstić information content (AvgIpc) is 3.51. The van der Waals surface area contributed by atoms with Crippen LogP contribution in [0.4, 0.5) is 14.0 Å². The third-order valence-corrected chi connectivity index (χ3v) is 7.09. The molecule has 33 heavy (non-hydrogen) atoms. The van der Waals surface area contributed by atoms with Crippen LogP contribution in [0.5, 0.6) is 5.75 Å². The van der Waals surface area contributed by atoms with Crippen molar-refractivity contribution in [3.63, 3.8) is 0 Å². The number of sulfonamides is 1. The normalized spacial score (nSPS) is 17.5. The van der Waals surface area contributed by atoms with Crippen LogP contribution >= 0.6 is 0 Å². The molecule has 10 nitrogen and oxygen atoms in total. The minimum absolute atomic E-state index is 0.113. The van der Waals surface area contributed by atoms with Gasteiger partial charge in [-0.25, -0.2) is 27.1 Å². The summed E-state index contributed by atoms with van der Waals surface area (Å²) in [6.45, 7) is 1.98. The first-order valence-electron chi connectivity index (χ1n) is 10.8. The van der Waals surface area contributed by atoms with Crippen molar-refractivity contribution in [2.24, 2.45) is 5.92 Å². The fraction of sp³-hybridized carbons (Fsp3) is 0.571. The van der Waals surface area contributed by atoms with E-state index in [1.165, 1.54) is 18.2 Å². The number of ether oxygens (including phenoxy) is 1. The predicted octanol–water partition coefficient (Wildman–Crippen LogP) is 2.71. The van der Waals surface area contributed by atoms with Crippen LogP contribution in [-0.4, -0.2) is 66.8 Å². The second-order valence-electron chi connectivity index (χ2n) is 8.38. The van der Waals surface area contributed by atoms with E-state index in [1.807, 2.05) is 0 Å². The Hall–Kier alpha value is -2.73. The van der Waals surface area contributed by atoms with E-state index in [9.17, 15) is 27.2 Å². The maximum atomic E-state index is 14.0. The van der Waals surface area contributed by atoms with Gasteiger partial charge in [-0.2, -0.15) is 4.90 Å². The highest BCUT2D eigenvalue weighted by Crippen LogP contribution is 2.31. The van der Waals surface area contributed by atoms with E-state index in [0.29, 0.717) is 37.4 Å². The number of carbonyl (C=O) groups excluding carboxylic acids is 2. The van der Waals surface area contributed by atoms with Gasteiger partial charge in [-0.1, -0.05) is 12.5 Å². The van der Waals surface area contributed by atoms with Crippen LogP contribution < -0.4 is 9.46 Å². The van der Waals surface area contributed by atoms with E-state index in [-0.39, 0.29) is 29.5 Å². The van der Waals surface area contributed by atoms with Crippen LogP contribution in [0.2, 0.25) is 0 Å². The van der Waals surface area contributed by atoms with E-state index in [2.05, 4.69) is 4.72 Å². The minimum Gasteiger partial charge on any atom is -0.490 e. The van der Waals surface area contributed by atoms with Gasteiger partial charge in [0.1, 0.15) is 6.54 Å². The molecule has 4 amide bonds. The maximum Gasteiger partial charge on any atom is 0.422 e.